The number of fused-ring (bicyclic) bond motifs is 1. The van der Waals surface area contributed by atoms with E-state index in [4.69, 9.17) is 10.5 Å². The molecule has 0 radical (unpaired) electrons. The van der Waals surface area contributed by atoms with Gasteiger partial charge in [-0.1, -0.05) is 0 Å². The number of benzene rings is 2. The van der Waals surface area contributed by atoms with Crippen molar-refractivity contribution >= 4 is 29.1 Å². The summed E-state index contributed by atoms with van der Waals surface area (Å²) in [5, 5.41) is 11.1. The van der Waals surface area contributed by atoms with Crippen LogP contribution in [0.2, 0.25) is 0 Å². The first-order chi connectivity index (χ1) is 14.1. The standard InChI is InChI=1S/C22H25N5OS/c1-13-19-11-16(5-9-21(19)29-27-13)24-22-12-20(25-26-22)14-2-6-18(10-14)28-17-7-3-15(23)4-8-17/h3-5,7-9,11-14,18,27H,2,6,10,23H2,1H3,(H2,24,25,26). The minimum atomic E-state index is 0.228. The molecule has 3 atom stereocenters. The van der Waals surface area contributed by atoms with Gasteiger partial charge in [0.05, 0.1) is 6.10 Å². The lowest BCUT2D eigenvalue weighted by Gasteiger charge is -2.14. The fourth-order valence-electron chi connectivity index (χ4n) is 4.10. The summed E-state index contributed by atoms with van der Waals surface area (Å²) < 4.78 is 9.51. The van der Waals surface area contributed by atoms with Crippen molar-refractivity contribution in [3.8, 4) is 5.75 Å². The Kier molecular flexibility index (Phi) is 4.85. The number of ether oxygens (including phenoxy) is 1. The van der Waals surface area contributed by atoms with Crippen LogP contribution < -0.4 is 20.5 Å². The van der Waals surface area contributed by atoms with Crippen LogP contribution in [0.1, 0.15) is 49.4 Å². The molecule has 3 unspecified atom stereocenters. The Labute approximate surface area is 174 Å². The van der Waals surface area contributed by atoms with E-state index >= 15 is 0 Å². The second-order valence-electron chi connectivity index (χ2n) is 7.85. The molecule has 150 valence electrons. The minimum Gasteiger partial charge on any atom is -0.490 e. The summed E-state index contributed by atoms with van der Waals surface area (Å²) in [5.74, 6) is 2.18. The Hall–Kier alpha value is -2.64. The monoisotopic (exact) mass is 407 g/mol. The molecule has 6 nitrogen and oxygen atoms in total. The van der Waals surface area contributed by atoms with Gasteiger partial charge in [0.15, 0.2) is 5.82 Å². The maximum absolute atomic E-state index is 6.12. The Bertz CT molecular complexity index is 1000. The fraction of sp³-hybridized carbons (Fsp3) is 0.318. The van der Waals surface area contributed by atoms with Crippen LogP contribution in [0.25, 0.3) is 0 Å². The number of nitrogens with two attached hydrogens (primary N) is 1. The van der Waals surface area contributed by atoms with Gasteiger partial charge in [0.2, 0.25) is 0 Å². The molecule has 2 aromatic carbocycles. The number of nitrogen functional groups attached to an aromatic ring is 1. The van der Waals surface area contributed by atoms with E-state index in [0.29, 0.717) is 12.0 Å². The van der Waals surface area contributed by atoms with E-state index in [-0.39, 0.29) is 6.10 Å². The molecular weight excluding hydrogens is 382 g/mol. The van der Waals surface area contributed by atoms with Gasteiger partial charge >= 0.3 is 0 Å². The Balaban J connectivity index is 1.22. The zero-order valence-electron chi connectivity index (χ0n) is 16.3. The molecule has 5 rings (SSSR count). The zero-order chi connectivity index (χ0) is 19.8. The van der Waals surface area contributed by atoms with E-state index in [9.17, 15) is 0 Å². The molecule has 1 aliphatic heterocycles. The van der Waals surface area contributed by atoms with Gasteiger partial charge < -0.3 is 15.8 Å². The van der Waals surface area contributed by atoms with Crippen LogP contribution in [-0.4, -0.2) is 16.3 Å². The zero-order valence-corrected chi connectivity index (χ0v) is 17.1. The third kappa shape index (κ3) is 3.93. The van der Waals surface area contributed by atoms with Gasteiger partial charge in [0.25, 0.3) is 0 Å². The minimum absolute atomic E-state index is 0.228. The first-order valence-electron chi connectivity index (χ1n) is 10.0. The van der Waals surface area contributed by atoms with Crippen molar-refractivity contribution in [2.75, 3.05) is 11.1 Å². The molecule has 1 saturated carbocycles. The number of aromatic nitrogens is 2. The highest BCUT2D eigenvalue weighted by Crippen LogP contribution is 2.38. The number of nitrogens with zero attached hydrogens (tertiary/aromatic N) is 1. The molecule has 2 heterocycles. The quantitative estimate of drug-likeness (QED) is 0.347. The summed E-state index contributed by atoms with van der Waals surface area (Å²) in [5.41, 5.74) is 10.1. The lowest BCUT2D eigenvalue weighted by molar-refractivity contribution is 0.208. The summed E-state index contributed by atoms with van der Waals surface area (Å²) in [6.45, 7) is 2.18. The van der Waals surface area contributed by atoms with E-state index in [0.717, 1.165) is 42.2 Å². The van der Waals surface area contributed by atoms with Crippen LogP contribution in [0.3, 0.4) is 0 Å². The fourth-order valence-corrected chi connectivity index (χ4v) is 5.02. The van der Waals surface area contributed by atoms with Gasteiger partial charge in [-0.3, -0.25) is 9.82 Å². The summed E-state index contributed by atoms with van der Waals surface area (Å²) in [4.78, 5) is 1.30. The molecule has 1 fully saturated rings. The van der Waals surface area contributed by atoms with E-state index in [1.807, 2.05) is 24.3 Å². The number of hydrogen-bond donors (Lipinski definition) is 4. The van der Waals surface area contributed by atoms with Gasteiger partial charge in [-0.2, -0.15) is 5.10 Å². The molecule has 1 aliphatic carbocycles. The van der Waals surface area contributed by atoms with Crippen LogP contribution in [0.5, 0.6) is 5.75 Å². The van der Waals surface area contributed by atoms with Crippen molar-refractivity contribution in [3.05, 3.63) is 59.8 Å². The van der Waals surface area contributed by atoms with E-state index in [2.05, 4.69) is 51.4 Å². The van der Waals surface area contributed by atoms with Gasteiger partial charge in [-0.05, 0) is 86.2 Å². The predicted molar refractivity (Wildman–Crippen MR) is 118 cm³/mol. The lowest BCUT2D eigenvalue weighted by Crippen LogP contribution is -2.12. The summed E-state index contributed by atoms with van der Waals surface area (Å²) in [6, 6.07) is 16.6. The molecule has 7 heteroatoms. The van der Waals surface area contributed by atoms with Crippen molar-refractivity contribution in [1.29, 1.82) is 0 Å². The highest BCUT2D eigenvalue weighted by atomic mass is 32.2. The van der Waals surface area contributed by atoms with Crippen LogP contribution >= 0.6 is 11.9 Å². The number of nitrogens with one attached hydrogen (secondary N) is 3. The van der Waals surface area contributed by atoms with Crippen LogP contribution in [0, 0.1) is 0 Å². The molecule has 5 N–H and O–H groups in total. The molecule has 0 amide bonds. The SMILES string of the molecule is CC1NSc2ccc(Nc3cc(C4CCC(Oc5ccc(N)cc5)C4)[nH]n3)cc21. The normalized spacial score (nSPS) is 23.1. The van der Waals surface area contributed by atoms with Gasteiger partial charge in [-0.25, -0.2) is 0 Å². The highest BCUT2D eigenvalue weighted by molar-refractivity contribution is 7.97. The lowest BCUT2D eigenvalue weighted by atomic mass is 10.0. The molecule has 0 bridgehead atoms. The molecular formula is C22H25N5OS. The largest absolute Gasteiger partial charge is 0.490 e. The Morgan fingerprint density at radius 3 is 2.86 bits per heavy atom. The smallest absolute Gasteiger partial charge is 0.152 e. The number of aromatic amines is 1. The summed E-state index contributed by atoms with van der Waals surface area (Å²) >= 11 is 1.70. The first kappa shape index (κ1) is 18.4. The number of H-pyrrole nitrogens is 1. The van der Waals surface area contributed by atoms with Crippen molar-refractivity contribution in [2.24, 2.45) is 0 Å². The molecule has 29 heavy (non-hydrogen) atoms. The van der Waals surface area contributed by atoms with E-state index in [1.54, 1.807) is 11.9 Å². The van der Waals surface area contributed by atoms with Crippen molar-refractivity contribution in [3.63, 3.8) is 0 Å². The van der Waals surface area contributed by atoms with E-state index < -0.39 is 0 Å². The predicted octanol–water partition coefficient (Wildman–Crippen LogP) is 5.12. The molecule has 3 aromatic rings. The molecule has 0 saturated heterocycles. The van der Waals surface area contributed by atoms with Crippen molar-refractivity contribution < 1.29 is 4.74 Å². The highest BCUT2D eigenvalue weighted by Gasteiger charge is 2.29. The maximum Gasteiger partial charge on any atom is 0.152 e. The van der Waals surface area contributed by atoms with Crippen molar-refractivity contribution in [1.82, 2.24) is 14.9 Å². The van der Waals surface area contributed by atoms with Crippen molar-refractivity contribution in [2.45, 2.75) is 49.1 Å². The average Bonchev–Trinajstić information content (AvgIpc) is 3.45. The summed E-state index contributed by atoms with van der Waals surface area (Å²) in [7, 11) is 0. The topological polar surface area (TPSA) is 88.0 Å². The molecule has 0 spiro atoms. The summed E-state index contributed by atoms with van der Waals surface area (Å²) in [6.07, 6.45) is 3.36. The first-order valence-corrected chi connectivity index (χ1v) is 10.9. The molecule has 1 aromatic heterocycles. The average molecular weight is 408 g/mol. The number of rotatable bonds is 5. The third-order valence-electron chi connectivity index (χ3n) is 5.70. The third-order valence-corrected chi connectivity index (χ3v) is 6.76. The van der Waals surface area contributed by atoms with Crippen LogP contribution in [-0.2, 0) is 0 Å². The Morgan fingerprint density at radius 2 is 2.00 bits per heavy atom. The Morgan fingerprint density at radius 1 is 1.14 bits per heavy atom. The van der Waals surface area contributed by atoms with Gasteiger partial charge in [0.1, 0.15) is 5.75 Å². The van der Waals surface area contributed by atoms with Gasteiger partial charge in [0, 0.05) is 40.0 Å². The maximum atomic E-state index is 6.12. The number of anilines is 3. The van der Waals surface area contributed by atoms with Gasteiger partial charge in [-0.15, -0.1) is 0 Å². The number of hydrogen-bond acceptors (Lipinski definition) is 6. The second kappa shape index (κ2) is 7.65. The van der Waals surface area contributed by atoms with E-state index in [1.165, 1.54) is 16.2 Å². The second-order valence-corrected chi connectivity index (χ2v) is 8.73. The molecule has 2 aliphatic rings. The van der Waals surface area contributed by atoms with Crippen LogP contribution in [0.4, 0.5) is 17.2 Å². The van der Waals surface area contributed by atoms with Crippen LogP contribution in [0.15, 0.2) is 53.4 Å².